The number of anilines is 4. The summed E-state index contributed by atoms with van der Waals surface area (Å²) in [5, 5.41) is 26.3. The first kappa shape index (κ1) is 89.4. The molecule has 0 atom stereocenters. The van der Waals surface area contributed by atoms with Gasteiger partial charge in [0.15, 0.2) is 16.5 Å². The van der Waals surface area contributed by atoms with Crippen LogP contribution in [0.15, 0.2) is 119 Å². The lowest BCUT2D eigenvalue weighted by Crippen LogP contribution is -2.44. The van der Waals surface area contributed by atoms with Crippen molar-refractivity contribution >= 4 is 138 Å². The Kier molecular flexibility index (Phi) is 38.9. The molecule has 0 spiro atoms. The summed E-state index contributed by atoms with van der Waals surface area (Å²) in [6.45, 7) is 33.8. The van der Waals surface area contributed by atoms with E-state index in [2.05, 4.69) is 79.9 Å². The van der Waals surface area contributed by atoms with Crippen LogP contribution in [0.3, 0.4) is 0 Å². The van der Waals surface area contributed by atoms with E-state index in [4.69, 9.17) is 55.4 Å². The average Bonchev–Trinajstić information content (AvgIpc) is 1.58. The Hall–Kier alpha value is -10.7. The Morgan fingerprint density at radius 1 is 0.633 bits per heavy atom. The number of isothiocyanates is 1. The summed E-state index contributed by atoms with van der Waals surface area (Å²) in [7, 11) is 5.83. The molecule has 0 aliphatic carbocycles. The van der Waals surface area contributed by atoms with Crippen LogP contribution in [-0.4, -0.2) is 114 Å². The maximum absolute atomic E-state index is 14.5. The second-order valence-electron chi connectivity index (χ2n) is 22.0. The van der Waals surface area contributed by atoms with Crippen LogP contribution in [0.5, 0.6) is 0 Å². The number of hydrogen-bond donors (Lipinski definition) is 8. The number of aliphatic carboxylic acids is 1. The van der Waals surface area contributed by atoms with E-state index in [0.29, 0.717) is 38.6 Å². The molecule has 5 amide bonds. The molecular formula is C68H77BrF4N12O11S2. The van der Waals surface area contributed by atoms with Crippen molar-refractivity contribution in [3.8, 4) is 0 Å². The van der Waals surface area contributed by atoms with E-state index in [-0.39, 0.29) is 64.6 Å². The van der Waals surface area contributed by atoms with Crippen molar-refractivity contribution in [1.82, 2.24) is 21.3 Å². The van der Waals surface area contributed by atoms with Crippen molar-refractivity contribution in [3.63, 3.8) is 0 Å². The number of benzene rings is 6. The molecule has 0 aromatic heterocycles. The van der Waals surface area contributed by atoms with Gasteiger partial charge in [-0.2, -0.15) is 24.2 Å². The van der Waals surface area contributed by atoms with Gasteiger partial charge in [0.2, 0.25) is 0 Å². The van der Waals surface area contributed by atoms with Crippen molar-refractivity contribution < 1.29 is 70.6 Å². The number of aryl methyl sites for hydroxylation is 2. The van der Waals surface area contributed by atoms with Crippen LogP contribution in [0, 0.1) is 50.3 Å². The quantitative estimate of drug-likeness (QED) is 0.0259. The lowest BCUT2D eigenvalue weighted by atomic mass is 10.0. The first-order valence-electron chi connectivity index (χ1n) is 28.2. The highest BCUT2D eigenvalue weighted by Gasteiger charge is 2.50. The SMILES string of the molecule is C.CC(C)(N)C(=O)O.CNC(=O)c1ccc(Br)cc1F.CNC(=O)c1ccc(NC(C)(C)C)cc1F.CNC(=O)c1ccc(NC(C)C)cc1F.O=C=O.O=C=O.[C-]#[N+]c1ccc(N2C(=O)C(C)(C)N(c3ccc(C(=O)NC)c(F)c3)C2=S)cc1C.[C-]#[N+]c1ccc(N=C=S)cc1C. The molecule has 30 heteroatoms. The molecule has 522 valence electrons. The molecule has 0 saturated carbocycles. The van der Waals surface area contributed by atoms with Gasteiger partial charge in [-0.05, 0) is 209 Å². The topological polar surface area (TPSA) is 317 Å². The van der Waals surface area contributed by atoms with Crippen molar-refractivity contribution in [2.24, 2.45) is 10.7 Å². The van der Waals surface area contributed by atoms with E-state index in [1.807, 2.05) is 47.6 Å². The van der Waals surface area contributed by atoms with Gasteiger partial charge in [0.25, 0.3) is 29.5 Å². The maximum Gasteiger partial charge on any atom is 0.373 e. The minimum atomic E-state index is -1.08. The molecule has 1 heterocycles. The molecule has 1 fully saturated rings. The van der Waals surface area contributed by atoms with Crippen molar-refractivity contribution in [2.75, 3.05) is 48.6 Å². The molecule has 7 rings (SSSR count). The van der Waals surface area contributed by atoms with E-state index < -0.39 is 63.9 Å². The number of carbonyl (C=O) groups is 6. The van der Waals surface area contributed by atoms with Crippen LogP contribution in [0.1, 0.15) is 122 Å². The molecular weight excluding hydrogens is 1380 g/mol. The Morgan fingerprint density at radius 3 is 1.35 bits per heavy atom. The Morgan fingerprint density at radius 2 is 1.00 bits per heavy atom. The van der Waals surface area contributed by atoms with Gasteiger partial charge >= 0.3 is 18.3 Å². The summed E-state index contributed by atoms with van der Waals surface area (Å²) in [5.41, 5.74) is 8.67. The first-order chi connectivity index (χ1) is 45.2. The smallest absolute Gasteiger partial charge is 0.373 e. The van der Waals surface area contributed by atoms with Crippen LogP contribution >= 0.6 is 40.4 Å². The number of thiocarbonyl (C=S) groups is 2. The van der Waals surface area contributed by atoms with Crippen LogP contribution in [0.4, 0.5) is 57.4 Å². The minimum absolute atomic E-state index is 0. The van der Waals surface area contributed by atoms with Crippen LogP contribution < -0.4 is 47.4 Å². The van der Waals surface area contributed by atoms with E-state index in [1.165, 1.54) is 95.5 Å². The number of hydrogen-bond acceptors (Lipinski definition) is 16. The van der Waals surface area contributed by atoms with E-state index in [9.17, 15) is 46.3 Å². The molecule has 9 N–H and O–H groups in total. The highest BCUT2D eigenvalue weighted by molar-refractivity contribution is 9.10. The number of rotatable bonds is 11. The number of aliphatic imine (C=N–C) groups is 1. The van der Waals surface area contributed by atoms with Gasteiger partial charge in [-0.3, -0.25) is 33.7 Å². The number of halogens is 5. The molecule has 23 nitrogen and oxygen atoms in total. The highest BCUT2D eigenvalue weighted by Crippen LogP contribution is 2.38. The van der Waals surface area contributed by atoms with Crippen molar-refractivity contribution in [3.05, 3.63) is 193 Å². The average molecular weight is 1460 g/mol. The lowest BCUT2D eigenvalue weighted by molar-refractivity contribution is -0.193. The molecule has 1 aliphatic heterocycles. The number of carbonyl (C=O) groups excluding carboxylic acids is 9. The number of nitrogens with zero attached hydrogens (tertiary/aromatic N) is 5. The Labute approximate surface area is 585 Å². The van der Waals surface area contributed by atoms with E-state index in [0.717, 1.165) is 16.8 Å². The summed E-state index contributed by atoms with van der Waals surface area (Å²) in [6.07, 6.45) is 0.500. The predicted octanol–water partition coefficient (Wildman–Crippen LogP) is 12.9. The summed E-state index contributed by atoms with van der Waals surface area (Å²) in [4.78, 5) is 114. The maximum atomic E-state index is 14.5. The van der Waals surface area contributed by atoms with E-state index in [1.54, 1.807) is 80.3 Å². The molecule has 1 aliphatic rings. The third-order valence-electron chi connectivity index (χ3n) is 12.2. The predicted molar refractivity (Wildman–Crippen MR) is 378 cm³/mol. The number of nitrogens with two attached hydrogens (primary N) is 1. The molecule has 6 aromatic carbocycles. The van der Waals surface area contributed by atoms with Crippen molar-refractivity contribution in [2.45, 2.75) is 106 Å². The Balaban J connectivity index is 0. The second-order valence-corrected chi connectivity index (χ2v) is 23.5. The summed E-state index contributed by atoms with van der Waals surface area (Å²) in [6, 6.07) is 28.0. The molecule has 0 unspecified atom stereocenters. The molecule has 0 bridgehead atoms. The number of carboxylic acids is 1. The molecule has 6 aromatic rings. The second kappa shape index (κ2) is 42.7. The van der Waals surface area contributed by atoms with Gasteiger partial charge in [-0.15, -0.1) is 0 Å². The van der Waals surface area contributed by atoms with Crippen LogP contribution in [0.2, 0.25) is 0 Å². The van der Waals surface area contributed by atoms with Crippen LogP contribution in [-0.2, 0) is 28.8 Å². The van der Waals surface area contributed by atoms with Gasteiger partial charge < -0.3 is 47.6 Å². The third kappa shape index (κ3) is 28.7. The minimum Gasteiger partial charge on any atom is -0.480 e. The molecule has 1 saturated heterocycles. The van der Waals surface area contributed by atoms with Gasteiger partial charge in [0.1, 0.15) is 34.3 Å². The largest absolute Gasteiger partial charge is 0.480 e. The third-order valence-corrected chi connectivity index (χ3v) is 13.1. The van der Waals surface area contributed by atoms with Crippen LogP contribution in [0.25, 0.3) is 9.69 Å². The number of amides is 5. The van der Waals surface area contributed by atoms with Gasteiger partial charge in [-0.25, -0.2) is 27.3 Å². The summed E-state index contributed by atoms with van der Waals surface area (Å²) >= 11 is 13.1. The summed E-state index contributed by atoms with van der Waals surface area (Å²) in [5.74, 6) is -5.30. The molecule has 98 heavy (non-hydrogen) atoms. The monoisotopic (exact) mass is 1460 g/mol. The fourth-order valence-electron chi connectivity index (χ4n) is 7.62. The zero-order valence-corrected chi connectivity index (χ0v) is 58.7. The van der Waals surface area contributed by atoms with E-state index >= 15 is 0 Å². The van der Waals surface area contributed by atoms with Crippen molar-refractivity contribution in [1.29, 1.82) is 0 Å². The van der Waals surface area contributed by atoms with Gasteiger partial charge in [-0.1, -0.05) is 35.5 Å². The first-order valence-corrected chi connectivity index (χ1v) is 29.8. The zero-order valence-electron chi connectivity index (χ0n) is 55.5. The number of nitrogens with one attached hydrogen (secondary N) is 6. The normalized spacial score (nSPS) is 11.1. The Bertz CT molecular complexity index is 4010. The fraction of sp³-hybridized carbons (Fsp3) is 0.294. The summed E-state index contributed by atoms with van der Waals surface area (Å²) < 4.78 is 55.1. The number of carboxylic acid groups (broad SMARTS) is 1. The van der Waals surface area contributed by atoms with Gasteiger partial charge in [0.05, 0.1) is 46.2 Å². The highest BCUT2D eigenvalue weighted by atomic mass is 79.9. The zero-order chi connectivity index (χ0) is 74.9. The lowest BCUT2D eigenvalue weighted by Gasteiger charge is -2.29. The standard InChI is InChI=1S/C21H19FN4O2S.C12H17FN2O.C11H15FN2O.C9H6N2S.C8H7BrFNO.C4H9NO2.2CO2.CH4/c1-12-10-13(7-9-17(12)23-4)25-19(28)21(2,3)26(20(25)29)14-6-8-15(16(22)11-14)18(27)24-5;1-12(2,3)15-8-5-6-9(10(13)7-8)11(16)14-4;1-7(2)14-8-4-5-9(10(12)6-8)11(15)13-3;1-7-5-8(11-6-12)3-4-9(7)10-2;1-11-8(12)6-3-2-5(9)4-7(6)10;1-4(2,5)3(6)7;2*2-1-3;/h6-11H,1-3,5H3,(H,24,27);5-7,15H,1-4H3,(H,14,16);4-7,14H,1-3H3,(H,13,15);3-5H,1H3;2-4H,1H3,(H,11,12);5H2,1-2H3,(H,6,7);;;1H4. The van der Waals surface area contributed by atoms with Gasteiger partial charge in [0, 0.05) is 67.0 Å². The molecule has 0 radical (unpaired) electrons. The fourth-order valence-corrected chi connectivity index (χ4v) is 8.58.